The first-order chi connectivity index (χ1) is 19.0. The zero-order valence-corrected chi connectivity index (χ0v) is 25.7. The molecule has 0 amide bonds. The molecule has 0 radical (unpaired) electrons. The zero-order valence-electron chi connectivity index (χ0n) is 23.5. The number of nitrogens with zero attached hydrogens (tertiary/aromatic N) is 1. The van der Waals surface area contributed by atoms with E-state index >= 15 is 0 Å². The van der Waals surface area contributed by atoms with Crippen molar-refractivity contribution in [1.29, 1.82) is 5.26 Å². The van der Waals surface area contributed by atoms with Crippen LogP contribution in [0.4, 0.5) is 0 Å². The molecule has 0 aliphatic carbocycles. The number of allylic oxidation sites excluding steroid dienone is 13. The third-order valence-electron chi connectivity index (χ3n) is 2.51. The molecule has 0 aliphatic heterocycles. The average Bonchev–Trinajstić information content (AvgIpc) is 2.97. The summed E-state index contributed by atoms with van der Waals surface area (Å²) >= 11 is 0. The van der Waals surface area contributed by atoms with Crippen LogP contribution in [0.2, 0.25) is 0 Å². The van der Waals surface area contributed by atoms with Gasteiger partial charge in [0.1, 0.15) is 12.6 Å². The number of nitriles is 1. The molecule has 0 heterocycles. The minimum absolute atomic E-state index is 0. The van der Waals surface area contributed by atoms with Crippen LogP contribution in [-0.4, -0.2) is 23.6 Å². The van der Waals surface area contributed by atoms with Crippen LogP contribution in [0.15, 0.2) is 85.1 Å². The molecular formula is C30H37Fe2NO8. The van der Waals surface area contributed by atoms with Crippen molar-refractivity contribution in [2.75, 3.05) is 0 Å². The van der Waals surface area contributed by atoms with E-state index < -0.39 is 5.97 Å². The molecular weight excluding hydrogens is 614 g/mol. The summed E-state index contributed by atoms with van der Waals surface area (Å²) in [6.45, 7) is 24.8. The van der Waals surface area contributed by atoms with Gasteiger partial charge in [0.2, 0.25) is 0 Å². The Hall–Kier alpha value is -3.52. The summed E-state index contributed by atoms with van der Waals surface area (Å²) in [7, 11) is 0. The fourth-order valence-corrected chi connectivity index (χ4v) is 1.35. The van der Waals surface area contributed by atoms with Crippen LogP contribution < -0.4 is 0 Å². The normalized spacial score (nSPS) is 8.27. The Bertz CT molecular complexity index is 795. The maximum atomic E-state index is 10.1. The number of carbonyl (C=O) groups excluding carboxylic acids is 2. The number of carboxylic acid groups (broad SMARTS) is 1. The average molecular weight is 651 g/mol. The van der Waals surface area contributed by atoms with Gasteiger partial charge in [-0.1, -0.05) is 79.0 Å². The molecule has 9 nitrogen and oxygen atoms in total. The molecule has 0 aromatic heterocycles. The number of carboxylic acids is 1. The van der Waals surface area contributed by atoms with E-state index in [9.17, 15) is 4.79 Å². The van der Waals surface area contributed by atoms with Gasteiger partial charge in [0.05, 0.1) is 6.07 Å². The van der Waals surface area contributed by atoms with Crippen LogP contribution >= 0.6 is 0 Å². The molecule has 41 heavy (non-hydrogen) atoms. The fourth-order valence-electron chi connectivity index (χ4n) is 1.35. The molecule has 0 atom stereocenters. The third kappa shape index (κ3) is 181. The monoisotopic (exact) mass is 651 g/mol. The predicted octanol–water partition coefficient (Wildman–Crippen LogP) is 6.33. The number of hydrogen-bond acceptors (Lipinski definition) is 4. The van der Waals surface area contributed by atoms with Crippen molar-refractivity contribution in [1.82, 2.24) is 0 Å². The minimum Gasteiger partial charge on any atom is 0 e. The summed E-state index contributed by atoms with van der Waals surface area (Å²) in [4.78, 5) is 27.7. The zero-order chi connectivity index (χ0) is 32.4. The molecule has 0 spiro atoms. The predicted molar refractivity (Wildman–Crippen MR) is 146 cm³/mol. The number of carbonyl (C=O) groups is 3. The standard InChI is InChI=1S/C12H16O2.C10H13N.2C2H4O.4CO.2Fe/c1-2-3-4-5-6-7-8-9-10-11-12(13)14;1-2-3-4-5-6-7-8-9-10-11;2*1-2-3;4*1-2;;/h2-7,10-11H,8-9H2,1H3,(H,13,14);2-7H,8-9H2,1H3;2*2H,1H3;;;;;;/b3-2+,5-4+,7-6+,11-10+;3-2+,5-4+,7-6+;;;;;;;;. The first-order valence-electron chi connectivity index (χ1n) is 10.8. The van der Waals surface area contributed by atoms with Gasteiger partial charge in [-0.3, -0.25) is 0 Å². The second-order valence-corrected chi connectivity index (χ2v) is 5.16. The maximum absolute atomic E-state index is 10.1. The number of hydrogen-bond donors (Lipinski definition) is 1. The molecule has 0 aromatic carbocycles. The number of rotatable bonds is 10. The first-order valence-corrected chi connectivity index (χ1v) is 10.8. The van der Waals surface area contributed by atoms with Crippen molar-refractivity contribution in [2.24, 2.45) is 0 Å². The van der Waals surface area contributed by atoms with E-state index in [1.54, 1.807) is 6.08 Å². The van der Waals surface area contributed by atoms with Gasteiger partial charge in [-0.2, -0.15) is 5.26 Å². The fraction of sp³-hybridized carbons (Fsp3) is 0.267. The van der Waals surface area contributed by atoms with Gasteiger partial charge in [0.25, 0.3) is 0 Å². The minimum atomic E-state index is -0.887. The number of aldehydes is 2. The molecule has 1 N–H and O–H groups in total. The molecule has 0 unspecified atom stereocenters. The Morgan fingerprint density at radius 2 is 0.927 bits per heavy atom. The molecule has 0 aliphatic rings. The van der Waals surface area contributed by atoms with Gasteiger partial charge in [0, 0.05) is 46.6 Å². The quantitative estimate of drug-likeness (QED) is 0.0552. The maximum Gasteiger partial charge on any atom is 0 e. The van der Waals surface area contributed by atoms with Crippen LogP contribution in [0, 0.1) is 37.9 Å². The van der Waals surface area contributed by atoms with Crippen LogP contribution in [0.25, 0.3) is 0 Å². The number of aliphatic carboxylic acids is 1. The molecule has 11 heteroatoms. The first kappa shape index (κ1) is 66.0. The van der Waals surface area contributed by atoms with Gasteiger partial charge >= 0.3 is 51.2 Å². The van der Waals surface area contributed by atoms with Gasteiger partial charge in [-0.25, -0.2) is 4.79 Å². The van der Waals surface area contributed by atoms with Crippen molar-refractivity contribution in [2.45, 2.75) is 53.4 Å². The van der Waals surface area contributed by atoms with Gasteiger partial charge in [0.15, 0.2) is 0 Å². The van der Waals surface area contributed by atoms with Crippen LogP contribution in [0.5, 0.6) is 0 Å². The van der Waals surface area contributed by atoms with E-state index in [1.165, 1.54) is 19.9 Å². The summed E-state index contributed by atoms with van der Waals surface area (Å²) in [6.07, 6.45) is 31.0. The van der Waals surface area contributed by atoms with Crippen LogP contribution in [0.3, 0.4) is 0 Å². The van der Waals surface area contributed by atoms with E-state index in [0.29, 0.717) is 6.42 Å². The van der Waals surface area contributed by atoms with Crippen molar-refractivity contribution in [3.8, 4) is 6.07 Å². The molecule has 0 fully saturated rings. The Morgan fingerprint density at radius 3 is 1.22 bits per heavy atom. The summed E-state index contributed by atoms with van der Waals surface area (Å²) in [6, 6.07) is 2.08. The van der Waals surface area contributed by atoms with Crippen molar-refractivity contribution >= 4 is 18.5 Å². The molecule has 0 saturated carbocycles. The van der Waals surface area contributed by atoms with Gasteiger partial charge in [-0.15, -0.1) is 0 Å². The molecule has 226 valence electrons. The molecule has 0 saturated heterocycles. The molecule has 0 rings (SSSR count). The van der Waals surface area contributed by atoms with Gasteiger partial charge < -0.3 is 14.7 Å². The van der Waals surface area contributed by atoms with Crippen LogP contribution in [-0.2, 0) is 67.1 Å². The number of unbranched alkanes of at least 4 members (excludes halogenated alkanes) is 2. The largest absolute Gasteiger partial charge is 0 e. The van der Waals surface area contributed by atoms with Crippen molar-refractivity contribution < 1.29 is 72.2 Å². The van der Waals surface area contributed by atoms with E-state index in [0.717, 1.165) is 31.8 Å². The van der Waals surface area contributed by atoms with E-state index in [4.69, 9.17) is 38.6 Å². The Labute approximate surface area is 266 Å². The van der Waals surface area contributed by atoms with E-state index in [1.807, 2.05) is 86.8 Å². The van der Waals surface area contributed by atoms with Crippen molar-refractivity contribution in [3.63, 3.8) is 0 Å². The topological polar surface area (TPSA) is 175 Å². The van der Waals surface area contributed by atoms with E-state index in [-0.39, 0.29) is 34.1 Å². The molecule has 0 bridgehead atoms. The van der Waals surface area contributed by atoms with Crippen molar-refractivity contribution in [3.05, 3.63) is 112 Å². The molecule has 0 aromatic rings. The Morgan fingerprint density at radius 1 is 0.634 bits per heavy atom. The SMILES string of the molecule is C/C=C/C=C/C=C/CC/C=C/C(=O)O.C/C=C/C=C/C=C/CCC#N.CC=O.CC=O.[C-]#[O+].[C-]#[O+].[C-]#[O+].[C-]#[O+].[Fe].[Fe]. The second kappa shape index (κ2) is 109. The summed E-state index contributed by atoms with van der Waals surface area (Å²) < 4.78 is 30.0. The smallest absolute Gasteiger partial charge is 0 e. The second-order valence-electron chi connectivity index (χ2n) is 5.16. The Balaban J connectivity index is -0.0000000396. The summed E-state index contributed by atoms with van der Waals surface area (Å²) in [5.74, 6) is -0.887. The Kier molecular flexibility index (Phi) is 176. The van der Waals surface area contributed by atoms with Crippen LogP contribution in [0.1, 0.15) is 53.4 Å². The third-order valence-corrected chi connectivity index (χ3v) is 2.51. The summed E-state index contributed by atoms with van der Waals surface area (Å²) in [5.41, 5.74) is 0. The summed E-state index contributed by atoms with van der Waals surface area (Å²) in [5, 5.41) is 16.5. The van der Waals surface area contributed by atoms with E-state index in [2.05, 4.69) is 32.7 Å². The van der Waals surface area contributed by atoms with Gasteiger partial charge in [-0.05, 0) is 47.0 Å².